The largest absolute Gasteiger partial charge is 0.278 e. The smallest absolute Gasteiger partial charge is 0.220 e. The number of para-hydroxylation sites is 3. The minimum Gasteiger partial charge on any atom is -0.278 e. The molecular weight excluding hydrogens is 907 g/mol. The summed E-state index contributed by atoms with van der Waals surface area (Å²) < 4.78 is 4.66. The fraction of sp³-hybridized carbons (Fsp3) is 0.0694. The summed E-state index contributed by atoms with van der Waals surface area (Å²) in [6.07, 6.45) is 0. The van der Waals surface area contributed by atoms with Crippen LogP contribution < -0.4 is 0 Å². The van der Waals surface area contributed by atoms with Gasteiger partial charge in [0.15, 0.2) is 0 Å². The molecule has 0 unspecified atom stereocenters. The Bertz CT molecular complexity index is 4590. The number of hydrogen-bond acceptors (Lipinski definition) is 1. The zero-order valence-corrected chi connectivity index (χ0v) is 42.6. The molecule has 0 atom stereocenters. The fourth-order valence-electron chi connectivity index (χ4n) is 13.1. The molecule has 0 N–H and O–H groups in total. The predicted molar refractivity (Wildman–Crippen MR) is 315 cm³/mol. The third kappa shape index (κ3) is 6.31. The molecule has 2 heterocycles. The first kappa shape index (κ1) is 43.3. The second-order valence-electron chi connectivity index (χ2n) is 20.8. The molecule has 11 aromatic carbocycles. The normalized spacial score (nSPS) is 12.1. The van der Waals surface area contributed by atoms with Crippen molar-refractivity contribution < 1.29 is 0 Å². The lowest BCUT2D eigenvalue weighted by atomic mass is 9.77. The van der Waals surface area contributed by atoms with Gasteiger partial charge in [-0.15, -0.1) is 0 Å². The summed E-state index contributed by atoms with van der Waals surface area (Å²) in [7, 11) is 0. The number of benzene rings is 11. The number of imidazole rings is 2. The number of rotatable bonds is 3. The summed E-state index contributed by atoms with van der Waals surface area (Å²) in [5.74, 6) is 0.915. The maximum absolute atomic E-state index is 5.34. The van der Waals surface area contributed by atoms with E-state index in [1.165, 1.54) is 139 Å². The second-order valence-corrected chi connectivity index (χ2v) is 20.8. The second kappa shape index (κ2) is 16.3. The van der Waals surface area contributed by atoms with E-state index in [2.05, 4.69) is 262 Å². The van der Waals surface area contributed by atoms with E-state index < -0.39 is 0 Å². The van der Waals surface area contributed by atoms with Crippen molar-refractivity contribution in [3.05, 3.63) is 246 Å². The zero-order chi connectivity index (χ0) is 50.2. The van der Waals surface area contributed by atoms with Crippen LogP contribution in [0.3, 0.4) is 0 Å². The van der Waals surface area contributed by atoms with E-state index in [0.29, 0.717) is 0 Å². The van der Waals surface area contributed by atoms with Crippen molar-refractivity contribution in [2.45, 2.75) is 34.6 Å². The molecule has 0 aliphatic heterocycles. The molecule has 3 heteroatoms. The third-order valence-corrected chi connectivity index (χ3v) is 16.6. The van der Waals surface area contributed by atoms with Crippen LogP contribution in [0.25, 0.3) is 145 Å². The van der Waals surface area contributed by atoms with E-state index in [0.717, 1.165) is 33.5 Å². The fourth-order valence-corrected chi connectivity index (χ4v) is 13.1. The molecule has 75 heavy (non-hydrogen) atoms. The lowest BCUT2D eigenvalue weighted by molar-refractivity contribution is 1.11. The van der Waals surface area contributed by atoms with Gasteiger partial charge < -0.3 is 0 Å². The van der Waals surface area contributed by atoms with Crippen LogP contribution in [0.4, 0.5) is 0 Å². The Morgan fingerprint density at radius 3 is 1.27 bits per heavy atom. The minimum absolute atomic E-state index is 0.915. The van der Waals surface area contributed by atoms with Crippen LogP contribution in [0.1, 0.15) is 27.8 Å². The topological polar surface area (TPSA) is 22.2 Å². The Labute approximate surface area is 437 Å². The number of hydrogen-bond donors (Lipinski definition) is 0. The van der Waals surface area contributed by atoms with Crippen molar-refractivity contribution in [1.29, 1.82) is 0 Å². The molecule has 0 saturated carbocycles. The van der Waals surface area contributed by atoms with Gasteiger partial charge in [0, 0.05) is 5.69 Å². The van der Waals surface area contributed by atoms with Crippen LogP contribution in [0.2, 0.25) is 0 Å². The Hall–Kier alpha value is -9.31. The average molecular weight is 958 g/mol. The molecule has 0 bridgehead atoms. The number of aromatic nitrogens is 3. The van der Waals surface area contributed by atoms with Crippen molar-refractivity contribution in [3.8, 4) is 117 Å². The first-order valence-corrected chi connectivity index (χ1v) is 26.2. The van der Waals surface area contributed by atoms with Crippen molar-refractivity contribution in [3.63, 3.8) is 0 Å². The van der Waals surface area contributed by atoms with Gasteiger partial charge in [-0.3, -0.25) is 8.97 Å². The van der Waals surface area contributed by atoms with Crippen molar-refractivity contribution in [1.82, 2.24) is 14.0 Å². The van der Waals surface area contributed by atoms with E-state index in [-0.39, 0.29) is 0 Å². The minimum atomic E-state index is 0.915. The van der Waals surface area contributed by atoms with E-state index in [1.807, 2.05) is 0 Å². The number of fused-ring (bicyclic) bond motifs is 21. The molecule has 0 fully saturated rings. The van der Waals surface area contributed by atoms with Gasteiger partial charge in [-0.25, -0.2) is 4.98 Å². The summed E-state index contributed by atoms with van der Waals surface area (Å²) in [5.41, 5.74) is 36.7. The predicted octanol–water partition coefficient (Wildman–Crippen LogP) is 19.3. The standard InChI is InChI=1S/C72H51N3/c1-42-19-18-32-69-71(42)73-72-74(67-30-16-17-31-68(67)75(69)72)47-33-34-58-52-23-9-11-26-55(52)66-41-63(45(4)38-64(66)56-27-12-13-28-57(56)65(58)39-47)62-40-61(43(2)37-44(62)3)48-35-36-60-54-25-10-8-22-51(54)49-20-6-7-21-50(49)53-24-14-15-29-59(53)70(60)46(48)5/h6-41H,1-5H3. The monoisotopic (exact) mass is 957 g/mol. The van der Waals surface area contributed by atoms with Gasteiger partial charge in [-0.05, 0) is 216 Å². The Morgan fingerprint density at radius 2 is 0.667 bits per heavy atom. The lowest BCUT2D eigenvalue weighted by Crippen LogP contribution is -2.02. The Kier molecular flexibility index (Phi) is 9.44. The van der Waals surface area contributed by atoms with Gasteiger partial charge in [0.2, 0.25) is 5.78 Å². The number of nitrogens with zero attached hydrogens (tertiary/aromatic N) is 3. The molecule has 3 nitrogen and oxygen atoms in total. The van der Waals surface area contributed by atoms with Crippen molar-refractivity contribution >= 4 is 27.8 Å². The first-order valence-electron chi connectivity index (χ1n) is 26.2. The van der Waals surface area contributed by atoms with Crippen LogP contribution in [0, 0.1) is 34.6 Å². The molecule has 0 radical (unpaired) electrons. The van der Waals surface area contributed by atoms with Crippen molar-refractivity contribution in [2.24, 2.45) is 0 Å². The summed E-state index contributed by atoms with van der Waals surface area (Å²) in [6.45, 7) is 11.4. The van der Waals surface area contributed by atoms with Crippen LogP contribution in [0.5, 0.6) is 0 Å². The van der Waals surface area contributed by atoms with Gasteiger partial charge in [0.05, 0.1) is 22.1 Å². The van der Waals surface area contributed by atoms with E-state index >= 15 is 0 Å². The highest BCUT2D eigenvalue weighted by atomic mass is 15.2. The van der Waals surface area contributed by atoms with Gasteiger partial charge in [0.1, 0.15) is 0 Å². The van der Waals surface area contributed by atoms with Crippen molar-refractivity contribution in [2.75, 3.05) is 0 Å². The Balaban J connectivity index is 0.908. The zero-order valence-electron chi connectivity index (χ0n) is 42.6. The van der Waals surface area contributed by atoms with Crippen LogP contribution in [-0.2, 0) is 0 Å². The Morgan fingerprint density at radius 1 is 0.267 bits per heavy atom. The molecule has 354 valence electrons. The van der Waals surface area contributed by atoms with Crippen LogP contribution in [0.15, 0.2) is 218 Å². The molecule has 2 aliphatic rings. The highest BCUT2D eigenvalue weighted by Gasteiger charge is 2.28. The van der Waals surface area contributed by atoms with Gasteiger partial charge in [-0.2, -0.15) is 0 Å². The molecule has 13 aromatic rings. The lowest BCUT2D eigenvalue weighted by Gasteiger charge is -2.26. The summed E-state index contributed by atoms with van der Waals surface area (Å²) >= 11 is 0. The highest BCUT2D eigenvalue weighted by molar-refractivity contribution is 6.07. The molecule has 0 spiro atoms. The van der Waals surface area contributed by atoms with E-state index in [4.69, 9.17) is 4.98 Å². The first-order chi connectivity index (χ1) is 36.8. The maximum atomic E-state index is 5.34. The number of aryl methyl sites for hydroxylation is 4. The quantitative estimate of drug-likeness (QED) is 0.173. The van der Waals surface area contributed by atoms with E-state index in [9.17, 15) is 0 Å². The van der Waals surface area contributed by atoms with Gasteiger partial charge in [-0.1, -0.05) is 176 Å². The summed E-state index contributed by atoms with van der Waals surface area (Å²) in [5, 5.41) is 0. The SMILES string of the molecule is Cc1cc(C)c(-c2ccc3c(c2C)-c2ccccc2-c2ccccc2-c2ccccc2-3)cc1-c1cc2c(cc1C)-c1ccccc1-c1cc(-n3c4ccccc4n4c5cccc(C)c5nc34)ccc1-c1ccccc1-2. The average Bonchev–Trinajstić information content (AvgIpc) is 4.02. The molecule has 0 saturated heterocycles. The molecular formula is C72H51N3. The maximum Gasteiger partial charge on any atom is 0.220 e. The van der Waals surface area contributed by atoms with Gasteiger partial charge in [0.25, 0.3) is 0 Å². The summed E-state index contributed by atoms with van der Waals surface area (Å²) in [6, 6.07) is 81.7. The van der Waals surface area contributed by atoms with Crippen LogP contribution in [-0.4, -0.2) is 14.0 Å². The molecule has 0 amide bonds. The highest BCUT2D eigenvalue weighted by Crippen LogP contribution is 2.53. The molecule has 2 aromatic heterocycles. The third-order valence-electron chi connectivity index (χ3n) is 16.6. The van der Waals surface area contributed by atoms with E-state index in [1.54, 1.807) is 0 Å². The van der Waals surface area contributed by atoms with Gasteiger partial charge >= 0.3 is 0 Å². The summed E-state index contributed by atoms with van der Waals surface area (Å²) in [4.78, 5) is 5.34. The molecule has 15 rings (SSSR count). The molecule has 2 aliphatic carbocycles. The van der Waals surface area contributed by atoms with Crippen LogP contribution >= 0.6 is 0 Å².